The van der Waals surface area contributed by atoms with E-state index in [1.807, 2.05) is 6.07 Å². The zero-order valence-corrected chi connectivity index (χ0v) is 13.3. The first-order valence-electron chi connectivity index (χ1n) is 7.19. The Balaban J connectivity index is 1.86. The predicted octanol–water partition coefficient (Wildman–Crippen LogP) is 2.51. The van der Waals surface area contributed by atoms with Crippen LogP contribution in [0.5, 0.6) is 11.5 Å². The molecule has 0 unspecified atom stereocenters. The molecule has 0 aliphatic carbocycles. The minimum absolute atomic E-state index is 0.0121. The van der Waals surface area contributed by atoms with E-state index in [9.17, 15) is 14.0 Å². The molecule has 2 aromatic rings. The molecule has 25 heavy (non-hydrogen) atoms. The molecule has 2 aromatic carbocycles. The maximum Gasteiger partial charge on any atom is 0.344 e. The van der Waals surface area contributed by atoms with Crippen molar-refractivity contribution in [2.45, 2.75) is 0 Å². The number of rotatable bonds is 7. The minimum atomic E-state index is -0.782. The number of methoxy groups -OCH3 is 1. The minimum Gasteiger partial charge on any atom is -0.494 e. The third kappa shape index (κ3) is 4.78. The first kappa shape index (κ1) is 17.9. The number of carbonyl (C=O) groups is 2. The highest BCUT2D eigenvalue weighted by atomic mass is 19.1. The van der Waals surface area contributed by atoms with E-state index >= 15 is 0 Å². The largest absolute Gasteiger partial charge is 0.494 e. The van der Waals surface area contributed by atoms with Crippen LogP contribution in [-0.2, 0) is 9.53 Å². The van der Waals surface area contributed by atoms with Gasteiger partial charge >= 0.3 is 5.97 Å². The molecule has 0 bridgehead atoms. The number of ether oxygens (including phenoxy) is 3. The van der Waals surface area contributed by atoms with Gasteiger partial charge in [-0.2, -0.15) is 5.26 Å². The van der Waals surface area contributed by atoms with Gasteiger partial charge in [0.2, 0.25) is 0 Å². The summed E-state index contributed by atoms with van der Waals surface area (Å²) >= 11 is 0. The lowest BCUT2D eigenvalue weighted by Gasteiger charge is -2.08. The number of nitrogens with zero attached hydrogens (tertiary/aromatic N) is 1. The second-order valence-corrected chi connectivity index (χ2v) is 4.83. The van der Waals surface area contributed by atoms with Crippen LogP contribution in [0.2, 0.25) is 0 Å². The summed E-state index contributed by atoms with van der Waals surface area (Å²) in [6.45, 7) is -1.00. The Morgan fingerprint density at radius 3 is 2.56 bits per heavy atom. The molecule has 0 saturated carbocycles. The lowest BCUT2D eigenvalue weighted by Crippen LogP contribution is -2.19. The first-order valence-corrected chi connectivity index (χ1v) is 7.19. The molecule has 7 heteroatoms. The van der Waals surface area contributed by atoms with Gasteiger partial charge in [-0.3, -0.25) is 4.79 Å². The van der Waals surface area contributed by atoms with E-state index in [4.69, 9.17) is 19.5 Å². The third-order valence-electron chi connectivity index (χ3n) is 3.19. The molecule has 0 aromatic heterocycles. The van der Waals surface area contributed by atoms with Crippen molar-refractivity contribution in [2.75, 3.05) is 20.3 Å². The summed E-state index contributed by atoms with van der Waals surface area (Å²) in [4.78, 5) is 23.5. The van der Waals surface area contributed by atoms with Gasteiger partial charge in [0.05, 0.1) is 12.7 Å². The average Bonchev–Trinajstić information content (AvgIpc) is 2.64. The normalized spacial score (nSPS) is 9.80. The van der Waals surface area contributed by atoms with Crippen LogP contribution >= 0.6 is 0 Å². The van der Waals surface area contributed by atoms with Crippen molar-refractivity contribution >= 4 is 11.8 Å². The first-order chi connectivity index (χ1) is 12.0. The molecule has 0 spiro atoms. The number of halogens is 1. The highest BCUT2D eigenvalue weighted by Gasteiger charge is 2.13. The second kappa shape index (κ2) is 8.45. The van der Waals surface area contributed by atoms with Crippen LogP contribution in [0.3, 0.4) is 0 Å². The molecule has 0 atom stereocenters. The number of Topliss-reactive ketones (excluding diaryl/α,β-unsaturated/α-hetero) is 1. The van der Waals surface area contributed by atoms with Crippen LogP contribution in [0.1, 0.15) is 15.9 Å². The molecule has 128 valence electrons. The molecule has 0 amide bonds. The fourth-order valence-corrected chi connectivity index (χ4v) is 1.93. The summed E-state index contributed by atoms with van der Waals surface area (Å²) in [6.07, 6.45) is 0. The van der Waals surface area contributed by atoms with E-state index in [-0.39, 0.29) is 22.6 Å². The van der Waals surface area contributed by atoms with Crippen molar-refractivity contribution in [1.82, 2.24) is 0 Å². The standard InChI is InChI=1S/C18H14FNO5/c1-23-17-7-6-12(8-14(17)19)15(21)10-25-18(22)11-24-16-5-3-2-4-13(16)9-20/h2-8H,10-11H2,1H3. The molecular formula is C18H14FNO5. The summed E-state index contributed by atoms with van der Waals surface area (Å²) in [6, 6.07) is 12.0. The Bertz CT molecular complexity index is 828. The van der Waals surface area contributed by atoms with Crippen molar-refractivity contribution in [3.8, 4) is 17.6 Å². The Hall–Kier alpha value is -3.40. The molecule has 0 N–H and O–H groups in total. The average molecular weight is 343 g/mol. The van der Waals surface area contributed by atoms with Crippen LogP contribution < -0.4 is 9.47 Å². The van der Waals surface area contributed by atoms with E-state index in [1.54, 1.807) is 18.2 Å². The molecule has 0 aliphatic heterocycles. The van der Waals surface area contributed by atoms with E-state index in [0.29, 0.717) is 0 Å². The number of esters is 1. The van der Waals surface area contributed by atoms with Gasteiger partial charge in [-0.15, -0.1) is 0 Å². The maximum absolute atomic E-state index is 13.6. The number of nitriles is 1. The molecule has 0 heterocycles. The molecule has 2 rings (SSSR count). The highest BCUT2D eigenvalue weighted by molar-refractivity contribution is 5.98. The van der Waals surface area contributed by atoms with Gasteiger partial charge in [-0.25, -0.2) is 9.18 Å². The lowest BCUT2D eigenvalue weighted by molar-refractivity contribution is -0.144. The van der Waals surface area contributed by atoms with Gasteiger partial charge in [0, 0.05) is 5.56 Å². The van der Waals surface area contributed by atoms with Crippen molar-refractivity contribution in [3.05, 3.63) is 59.4 Å². The van der Waals surface area contributed by atoms with Crippen molar-refractivity contribution in [2.24, 2.45) is 0 Å². The SMILES string of the molecule is COc1ccc(C(=O)COC(=O)COc2ccccc2C#N)cc1F. The quantitative estimate of drug-likeness (QED) is 0.567. The summed E-state index contributed by atoms with van der Waals surface area (Å²) in [5.41, 5.74) is 0.335. The molecule has 6 nitrogen and oxygen atoms in total. The van der Waals surface area contributed by atoms with Gasteiger partial charge in [0.1, 0.15) is 11.8 Å². The van der Waals surface area contributed by atoms with E-state index in [0.717, 1.165) is 6.07 Å². The van der Waals surface area contributed by atoms with Crippen LogP contribution in [0, 0.1) is 17.1 Å². The number of benzene rings is 2. The van der Waals surface area contributed by atoms with Gasteiger partial charge in [-0.1, -0.05) is 12.1 Å². The topological polar surface area (TPSA) is 85.6 Å². The number of para-hydroxylation sites is 1. The molecule has 0 saturated heterocycles. The van der Waals surface area contributed by atoms with Crippen LogP contribution in [0.15, 0.2) is 42.5 Å². The zero-order chi connectivity index (χ0) is 18.2. The summed E-state index contributed by atoms with van der Waals surface area (Å²) < 4.78 is 28.3. The number of carbonyl (C=O) groups excluding carboxylic acids is 2. The van der Waals surface area contributed by atoms with Gasteiger partial charge in [0.15, 0.2) is 30.6 Å². The van der Waals surface area contributed by atoms with Gasteiger partial charge in [0.25, 0.3) is 0 Å². The Labute approximate surface area is 143 Å². The molecule has 0 aliphatic rings. The van der Waals surface area contributed by atoms with Crippen LogP contribution in [-0.4, -0.2) is 32.1 Å². The highest BCUT2D eigenvalue weighted by Crippen LogP contribution is 2.18. The molecule has 0 fully saturated rings. The molecule has 0 radical (unpaired) electrons. The fraction of sp³-hybridized carbons (Fsp3) is 0.167. The van der Waals surface area contributed by atoms with E-state index in [2.05, 4.69) is 0 Å². The van der Waals surface area contributed by atoms with Gasteiger partial charge in [-0.05, 0) is 30.3 Å². The zero-order valence-electron chi connectivity index (χ0n) is 13.3. The Kier molecular flexibility index (Phi) is 6.07. The predicted molar refractivity (Wildman–Crippen MR) is 84.9 cm³/mol. The van der Waals surface area contributed by atoms with E-state index < -0.39 is 30.8 Å². The number of hydrogen-bond donors (Lipinski definition) is 0. The summed E-state index contributed by atoms with van der Waals surface area (Å²) in [5.74, 6) is -1.78. The van der Waals surface area contributed by atoms with Crippen LogP contribution in [0.4, 0.5) is 4.39 Å². The maximum atomic E-state index is 13.6. The molecular weight excluding hydrogens is 329 g/mol. The Morgan fingerprint density at radius 1 is 1.12 bits per heavy atom. The van der Waals surface area contributed by atoms with Crippen molar-refractivity contribution in [3.63, 3.8) is 0 Å². The fourth-order valence-electron chi connectivity index (χ4n) is 1.93. The monoisotopic (exact) mass is 343 g/mol. The van der Waals surface area contributed by atoms with Crippen LogP contribution in [0.25, 0.3) is 0 Å². The number of hydrogen-bond acceptors (Lipinski definition) is 6. The van der Waals surface area contributed by atoms with E-state index in [1.165, 1.54) is 25.3 Å². The number of ketones is 1. The van der Waals surface area contributed by atoms with Crippen molar-refractivity contribution < 1.29 is 28.2 Å². The van der Waals surface area contributed by atoms with Crippen molar-refractivity contribution in [1.29, 1.82) is 5.26 Å². The Morgan fingerprint density at radius 2 is 1.88 bits per heavy atom. The second-order valence-electron chi connectivity index (χ2n) is 4.83. The summed E-state index contributed by atoms with van der Waals surface area (Å²) in [7, 11) is 1.31. The summed E-state index contributed by atoms with van der Waals surface area (Å²) in [5, 5.41) is 8.92. The third-order valence-corrected chi connectivity index (χ3v) is 3.19. The smallest absolute Gasteiger partial charge is 0.344 e. The van der Waals surface area contributed by atoms with Gasteiger partial charge < -0.3 is 14.2 Å². The lowest BCUT2D eigenvalue weighted by atomic mass is 10.1.